The highest BCUT2D eigenvalue weighted by atomic mass is 35.5. The van der Waals surface area contributed by atoms with Gasteiger partial charge in [0.05, 0.1) is 11.4 Å². The molecule has 0 saturated heterocycles. The maximum Gasteiger partial charge on any atom is 0.148 e. The van der Waals surface area contributed by atoms with Gasteiger partial charge in [0.15, 0.2) is 0 Å². The molecule has 0 saturated carbocycles. The molecule has 16 heavy (non-hydrogen) atoms. The Morgan fingerprint density at radius 2 is 2.12 bits per heavy atom. The molecule has 0 unspecified atom stereocenters. The minimum atomic E-state index is -2.91. The third-order valence-electron chi connectivity index (χ3n) is 2.05. The predicted molar refractivity (Wildman–Crippen MR) is 65.3 cm³/mol. The number of hydrogen-bond acceptors (Lipinski definition) is 4. The van der Waals surface area contributed by atoms with Crippen LogP contribution in [0.3, 0.4) is 0 Å². The fourth-order valence-electron chi connectivity index (χ4n) is 1.22. The molecule has 0 radical (unpaired) electrons. The van der Waals surface area contributed by atoms with Crippen molar-refractivity contribution in [2.75, 3.05) is 25.6 Å². The van der Waals surface area contributed by atoms with E-state index in [1.54, 1.807) is 6.07 Å². The van der Waals surface area contributed by atoms with Gasteiger partial charge < -0.3 is 0 Å². The average molecular weight is 263 g/mol. The van der Waals surface area contributed by atoms with Gasteiger partial charge in [-0.05, 0) is 19.2 Å². The van der Waals surface area contributed by atoms with Crippen molar-refractivity contribution in [1.82, 2.24) is 9.88 Å². The third-order valence-corrected chi connectivity index (χ3v) is 3.18. The Morgan fingerprint density at radius 1 is 1.44 bits per heavy atom. The maximum atomic E-state index is 11.0. The van der Waals surface area contributed by atoms with Crippen molar-refractivity contribution < 1.29 is 8.42 Å². The van der Waals surface area contributed by atoms with Gasteiger partial charge in [0.1, 0.15) is 15.0 Å². The summed E-state index contributed by atoms with van der Waals surface area (Å²) in [7, 11) is -1.05. The van der Waals surface area contributed by atoms with Crippen LogP contribution in [0.15, 0.2) is 18.2 Å². The molecule has 1 aromatic rings. The van der Waals surface area contributed by atoms with Crippen LogP contribution in [-0.4, -0.2) is 43.9 Å². The maximum absolute atomic E-state index is 11.0. The lowest BCUT2D eigenvalue weighted by Crippen LogP contribution is -2.25. The van der Waals surface area contributed by atoms with Crippen LogP contribution in [0, 0.1) is 0 Å². The van der Waals surface area contributed by atoms with Gasteiger partial charge in [-0.1, -0.05) is 17.7 Å². The highest BCUT2D eigenvalue weighted by Gasteiger charge is 2.06. The van der Waals surface area contributed by atoms with Crippen LogP contribution in [0.25, 0.3) is 0 Å². The zero-order valence-corrected chi connectivity index (χ0v) is 10.9. The molecule has 4 nitrogen and oxygen atoms in total. The fourth-order valence-corrected chi connectivity index (χ4v) is 2.04. The van der Waals surface area contributed by atoms with Crippen LogP contribution < -0.4 is 0 Å². The van der Waals surface area contributed by atoms with E-state index in [-0.39, 0.29) is 5.75 Å². The molecule has 6 heteroatoms. The van der Waals surface area contributed by atoms with E-state index in [4.69, 9.17) is 11.6 Å². The molecule has 90 valence electrons. The molecule has 0 aromatic carbocycles. The Labute approximate surface area is 101 Å². The normalized spacial score (nSPS) is 12.0. The molecule has 0 amide bonds. The van der Waals surface area contributed by atoms with E-state index in [1.165, 1.54) is 6.26 Å². The summed E-state index contributed by atoms with van der Waals surface area (Å²) in [5, 5.41) is 0.453. The van der Waals surface area contributed by atoms with E-state index in [0.717, 1.165) is 5.69 Å². The first-order valence-electron chi connectivity index (χ1n) is 4.84. The van der Waals surface area contributed by atoms with Crippen molar-refractivity contribution >= 4 is 21.4 Å². The molecule has 1 aromatic heterocycles. The Kier molecular flexibility index (Phi) is 4.70. The molecule has 0 fully saturated rings. The number of hydrogen-bond donors (Lipinski definition) is 0. The highest BCUT2D eigenvalue weighted by molar-refractivity contribution is 7.90. The second-order valence-corrected chi connectivity index (χ2v) is 6.47. The van der Waals surface area contributed by atoms with E-state index in [9.17, 15) is 8.42 Å². The third kappa shape index (κ3) is 5.44. The molecule has 0 aliphatic carbocycles. The van der Waals surface area contributed by atoms with Crippen molar-refractivity contribution in [3.05, 3.63) is 29.0 Å². The summed E-state index contributed by atoms with van der Waals surface area (Å²) in [6.07, 6.45) is 1.23. The molecule has 0 bridgehead atoms. The number of aromatic nitrogens is 1. The average Bonchev–Trinajstić information content (AvgIpc) is 2.14. The molecule has 0 aliphatic heterocycles. The lowest BCUT2D eigenvalue weighted by atomic mass is 10.3. The molecule has 0 atom stereocenters. The summed E-state index contributed by atoms with van der Waals surface area (Å²) in [6.45, 7) is 1.09. The highest BCUT2D eigenvalue weighted by Crippen LogP contribution is 2.06. The Morgan fingerprint density at radius 3 is 2.69 bits per heavy atom. The summed E-state index contributed by atoms with van der Waals surface area (Å²) < 4.78 is 22.0. The van der Waals surface area contributed by atoms with Gasteiger partial charge in [0.2, 0.25) is 0 Å². The molecule has 0 spiro atoms. The zero-order valence-electron chi connectivity index (χ0n) is 9.35. The lowest BCUT2D eigenvalue weighted by molar-refractivity contribution is 0.342. The summed E-state index contributed by atoms with van der Waals surface area (Å²) >= 11 is 5.75. The first-order chi connectivity index (χ1) is 7.37. The largest absolute Gasteiger partial charge is 0.300 e. The number of pyridine rings is 1. The lowest BCUT2D eigenvalue weighted by Gasteiger charge is -2.15. The van der Waals surface area contributed by atoms with E-state index >= 15 is 0 Å². The molecule has 0 aliphatic rings. The van der Waals surface area contributed by atoms with Crippen LogP contribution in [0.4, 0.5) is 0 Å². The summed E-state index contributed by atoms with van der Waals surface area (Å²) in [4.78, 5) is 6.03. The van der Waals surface area contributed by atoms with E-state index in [1.807, 2.05) is 24.1 Å². The molecule has 0 N–H and O–H groups in total. The van der Waals surface area contributed by atoms with Crippen molar-refractivity contribution in [3.63, 3.8) is 0 Å². The van der Waals surface area contributed by atoms with Crippen LogP contribution in [0.1, 0.15) is 5.69 Å². The first-order valence-corrected chi connectivity index (χ1v) is 7.28. The molecular formula is C10H15ClN2O2S. The van der Waals surface area contributed by atoms with Crippen molar-refractivity contribution in [2.24, 2.45) is 0 Å². The monoisotopic (exact) mass is 262 g/mol. The van der Waals surface area contributed by atoms with Gasteiger partial charge in [0.25, 0.3) is 0 Å². The number of halogens is 1. The predicted octanol–water partition coefficient (Wildman–Crippen LogP) is 1.21. The van der Waals surface area contributed by atoms with Crippen LogP contribution >= 0.6 is 11.6 Å². The second-order valence-electron chi connectivity index (χ2n) is 3.82. The van der Waals surface area contributed by atoms with E-state index in [0.29, 0.717) is 18.2 Å². The summed E-state index contributed by atoms with van der Waals surface area (Å²) in [6, 6.07) is 5.40. The summed E-state index contributed by atoms with van der Waals surface area (Å²) in [5.41, 5.74) is 0.837. The first kappa shape index (κ1) is 13.4. The van der Waals surface area contributed by atoms with E-state index in [2.05, 4.69) is 4.98 Å². The van der Waals surface area contributed by atoms with Crippen LogP contribution in [0.5, 0.6) is 0 Å². The van der Waals surface area contributed by atoms with Gasteiger partial charge in [-0.3, -0.25) is 4.90 Å². The van der Waals surface area contributed by atoms with Gasteiger partial charge in [-0.15, -0.1) is 0 Å². The standard InChI is InChI=1S/C10H15ClN2O2S/c1-13(6-7-16(2,14)15)8-9-4-3-5-10(11)12-9/h3-5H,6-8H2,1-2H3. The van der Waals surface area contributed by atoms with Gasteiger partial charge in [-0.25, -0.2) is 13.4 Å². The molecule has 1 rings (SSSR count). The van der Waals surface area contributed by atoms with Gasteiger partial charge >= 0.3 is 0 Å². The smallest absolute Gasteiger partial charge is 0.148 e. The minimum Gasteiger partial charge on any atom is -0.300 e. The zero-order chi connectivity index (χ0) is 12.2. The van der Waals surface area contributed by atoms with Crippen molar-refractivity contribution in [1.29, 1.82) is 0 Å². The quantitative estimate of drug-likeness (QED) is 0.749. The fraction of sp³-hybridized carbons (Fsp3) is 0.500. The summed E-state index contributed by atoms with van der Waals surface area (Å²) in [5.74, 6) is 0.157. The molecule has 1 heterocycles. The Balaban J connectivity index is 2.49. The van der Waals surface area contributed by atoms with Crippen LogP contribution in [0.2, 0.25) is 5.15 Å². The van der Waals surface area contributed by atoms with E-state index < -0.39 is 9.84 Å². The Hall–Kier alpha value is -0.650. The Bertz CT molecular complexity index is 448. The van der Waals surface area contributed by atoms with Gasteiger partial charge in [-0.2, -0.15) is 0 Å². The topological polar surface area (TPSA) is 50.3 Å². The van der Waals surface area contributed by atoms with Crippen molar-refractivity contribution in [3.8, 4) is 0 Å². The molecular weight excluding hydrogens is 248 g/mol. The minimum absolute atomic E-state index is 0.157. The second kappa shape index (κ2) is 5.61. The number of nitrogens with zero attached hydrogens (tertiary/aromatic N) is 2. The number of rotatable bonds is 5. The van der Waals surface area contributed by atoms with Crippen molar-refractivity contribution in [2.45, 2.75) is 6.54 Å². The SMILES string of the molecule is CN(CCS(C)(=O)=O)Cc1cccc(Cl)n1. The van der Waals surface area contributed by atoms with Crippen LogP contribution in [-0.2, 0) is 16.4 Å². The van der Waals surface area contributed by atoms with Gasteiger partial charge in [0, 0.05) is 19.3 Å². The number of sulfone groups is 1.